The number of hydrogen-bond acceptors (Lipinski definition) is 4. The molecule has 0 spiro atoms. The molecule has 1 aromatic carbocycles. The van der Waals surface area contributed by atoms with Crippen LogP contribution in [0, 0.1) is 6.92 Å². The highest BCUT2D eigenvalue weighted by Gasteiger charge is 2.20. The fourth-order valence-electron chi connectivity index (χ4n) is 2.74. The van der Waals surface area contributed by atoms with Gasteiger partial charge in [0.25, 0.3) is 5.91 Å². The number of benzene rings is 1. The molecule has 27 heavy (non-hydrogen) atoms. The molecule has 0 saturated carbocycles. The van der Waals surface area contributed by atoms with Crippen molar-refractivity contribution in [2.75, 3.05) is 11.9 Å². The molecule has 8 heteroatoms. The van der Waals surface area contributed by atoms with Crippen LogP contribution in [-0.4, -0.2) is 27.3 Å². The van der Waals surface area contributed by atoms with Crippen LogP contribution in [0.25, 0.3) is 11.1 Å². The van der Waals surface area contributed by atoms with Gasteiger partial charge in [0.2, 0.25) is 5.88 Å². The van der Waals surface area contributed by atoms with Crippen molar-refractivity contribution in [3.05, 3.63) is 57.3 Å². The second kappa shape index (κ2) is 8.10. The number of rotatable bonds is 5. The zero-order valence-electron chi connectivity index (χ0n) is 15.1. The first-order valence-corrected chi connectivity index (χ1v) is 9.48. The monoisotopic (exact) mass is 448 g/mol. The molecule has 140 valence electrons. The van der Waals surface area contributed by atoms with Crippen molar-refractivity contribution in [1.82, 2.24) is 14.8 Å². The van der Waals surface area contributed by atoms with Gasteiger partial charge in [0.1, 0.15) is 5.82 Å². The molecular formula is C19H18BrClN4O2. The van der Waals surface area contributed by atoms with Crippen LogP contribution in [0.4, 0.5) is 5.82 Å². The van der Waals surface area contributed by atoms with Gasteiger partial charge in [-0.1, -0.05) is 39.7 Å². The number of nitrogens with one attached hydrogen (secondary N) is 1. The second-order valence-electron chi connectivity index (χ2n) is 5.81. The number of carbonyl (C=O) groups excluding carboxylic acids is 1. The topological polar surface area (TPSA) is 69.0 Å². The Morgan fingerprint density at radius 3 is 2.63 bits per heavy atom. The van der Waals surface area contributed by atoms with Crippen molar-refractivity contribution in [3.63, 3.8) is 0 Å². The summed E-state index contributed by atoms with van der Waals surface area (Å²) in [6.07, 6.45) is 0. The second-order valence-corrected chi connectivity index (χ2v) is 7.13. The minimum absolute atomic E-state index is 0.100. The summed E-state index contributed by atoms with van der Waals surface area (Å²) in [4.78, 5) is 17.0. The molecule has 0 saturated heterocycles. The fourth-order valence-corrected chi connectivity index (χ4v) is 3.20. The van der Waals surface area contributed by atoms with Crippen molar-refractivity contribution in [2.24, 2.45) is 7.05 Å². The Balaban J connectivity index is 1.98. The van der Waals surface area contributed by atoms with Crippen molar-refractivity contribution < 1.29 is 9.53 Å². The maximum absolute atomic E-state index is 12.8. The first-order chi connectivity index (χ1) is 12.9. The number of carbonyl (C=O) groups is 1. The van der Waals surface area contributed by atoms with E-state index < -0.39 is 5.91 Å². The summed E-state index contributed by atoms with van der Waals surface area (Å²) in [5.74, 6) is 0.490. The van der Waals surface area contributed by atoms with Gasteiger partial charge in [-0.15, -0.1) is 0 Å². The van der Waals surface area contributed by atoms with Crippen molar-refractivity contribution >= 4 is 39.3 Å². The highest BCUT2D eigenvalue weighted by molar-refractivity contribution is 9.10. The van der Waals surface area contributed by atoms with Gasteiger partial charge < -0.3 is 10.1 Å². The Labute approximate surface area is 170 Å². The lowest BCUT2D eigenvalue weighted by molar-refractivity contribution is 0.102. The molecule has 0 bridgehead atoms. The maximum atomic E-state index is 12.8. The molecule has 0 fully saturated rings. The lowest BCUT2D eigenvalue weighted by Crippen LogP contribution is -2.17. The summed E-state index contributed by atoms with van der Waals surface area (Å²) in [7, 11) is 1.77. The molecule has 0 aliphatic heterocycles. The van der Waals surface area contributed by atoms with E-state index in [1.807, 2.05) is 38.1 Å². The molecule has 2 aromatic heterocycles. The molecule has 0 aliphatic carbocycles. The van der Waals surface area contributed by atoms with E-state index in [1.54, 1.807) is 23.9 Å². The lowest BCUT2D eigenvalue weighted by atomic mass is 10.1. The molecule has 3 aromatic rings. The zero-order valence-corrected chi connectivity index (χ0v) is 17.4. The van der Waals surface area contributed by atoms with Crippen LogP contribution in [0.2, 0.25) is 5.02 Å². The number of anilines is 1. The van der Waals surface area contributed by atoms with Crippen molar-refractivity contribution in [2.45, 2.75) is 13.8 Å². The van der Waals surface area contributed by atoms with E-state index in [1.165, 1.54) is 0 Å². The van der Waals surface area contributed by atoms with Gasteiger partial charge in [-0.2, -0.15) is 5.10 Å². The first-order valence-electron chi connectivity index (χ1n) is 8.31. The number of aromatic nitrogens is 3. The molecule has 0 radical (unpaired) electrons. The summed E-state index contributed by atoms with van der Waals surface area (Å²) >= 11 is 9.60. The van der Waals surface area contributed by atoms with E-state index in [4.69, 9.17) is 16.3 Å². The number of pyridine rings is 1. The predicted octanol–water partition coefficient (Wildman–Crippen LogP) is 4.86. The van der Waals surface area contributed by atoms with Gasteiger partial charge in [-0.3, -0.25) is 9.48 Å². The van der Waals surface area contributed by atoms with E-state index in [0.29, 0.717) is 18.3 Å². The third-order valence-electron chi connectivity index (χ3n) is 3.91. The van der Waals surface area contributed by atoms with Gasteiger partial charge in [-0.25, -0.2) is 4.98 Å². The maximum Gasteiger partial charge on any atom is 0.277 e. The summed E-state index contributed by atoms with van der Waals surface area (Å²) in [5.41, 5.74) is 2.69. The number of hydrogen-bond donors (Lipinski definition) is 1. The van der Waals surface area contributed by atoms with Gasteiger partial charge in [0.05, 0.1) is 17.3 Å². The quantitative estimate of drug-likeness (QED) is 0.604. The third kappa shape index (κ3) is 4.14. The largest absolute Gasteiger partial charge is 0.478 e. The zero-order chi connectivity index (χ0) is 19.6. The summed E-state index contributed by atoms with van der Waals surface area (Å²) < 4.78 is 7.97. The number of amides is 1. The molecule has 3 rings (SSSR count). The van der Waals surface area contributed by atoms with Crippen LogP contribution >= 0.6 is 27.5 Å². The lowest BCUT2D eigenvalue weighted by Gasteiger charge is -2.11. The number of nitrogens with zero attached hydrogens (tertiary/aromatic N) is 3. The number of halogens is 2. The summed E-state index contributed by atoms with van der Waals surface area (Å²) in [6, 6.07) is 11.0. The average Bonchev–Trinajstić information content (AvgIpc) is 2.91. The van der Waals surface area contributed by atoms with Crippen LogP contribution in [0.5, 0.6) is 5.88 Å². The summed E-state index contributed by atoms with van der Waals surface area (Å²) in [5, 5.41) is 7.57. The van der Waals surface area contributed by atoms with Gasteiger partial charge >= 0.3 is 0 Å². The summed E-state index contributed by atoms with van der Waals surface area (Å²) in [6.45, 7) is 4.19. The van der Waals surface area contributed by atoms with E-state index in [2.05, 4.69) is 31.3 Å². The van der Waals surface area contributed by atoms with Gasteiger partial charge in [0.15, 0.2) is 5.69 Å². The van der Waals surface area contributed by atoms with Crippen molar-refractivity contribution in [3.8, 4) is 17.0 Å². The van der Waals surface area contributed by atoms with Crippen LogP contribution < -0.4 is 10.1 Å². The number of ether oxygens (including phenoxy) is 1. The Kier molecular flexibility index (Phi) is 5.82. The van der Waals surface area contributed by atoms with Crippen LogP contribution in [0.3, 0.4) is 0 Å². The van der Waals surface area contributed by atoms with E-state index in [0.717, 1.165) is 21.3 Å². The molecule has 0 atom stereocenters. The van der Waals surface area contributed by atoms with Crippen molar-refractivity contribution in [1.29, 1.82) is 0 Å². The van der Waals surface area contributed by atoms with Crippen LogP contribution in [0.1, 0.15) is 23.1 Å². The molecule has 0 aliphatic rings. The Hall–Kier alpha value is -2.38. The Morgan fingerprint density at radius 1 is 1.26 bits per heavy atom. The fraction of sp³-hybridized carbons (Fsp3) is 0.211. The van der Waals surface area contributed by atoms with Gasteiger partial charge in [-0.05, 0) is 37.6 Å². The highest BCUT2D eigenvalue weighted by atomic mass is 79.9. The predicted molar refractivity (Wildman–Crippen MR) is 109 cm³/mol. The third-order valence-corrected chi connectivity index (χ3v) is 4.75. The minimum Gasteiger partial charge on any atom is -0.478 e. The average molecular weight is 450 g/mol. The minimum atomic E-state index is -0.428. The SMILES string of the molecule is CCOc1ccc(Cl)c(C(=O)Nc2c(-c3ccc(Br)cc3)c(C)nn2C)n1. The Morgan fingerprint density at radius 2 is 1.96 bits per heavy atom. The van der Waals surface area contributed by atoms with E-state index >= 15 is 0 Å². The molecular weight excluding hydrogens is 432 g/mol. The van der Waals surface area contributed by atoms with Crippen LogP contribution in [0.15, 0.2) is 40.9 Å². The molecule has 1 amide bonds. The van der Waals surface area contributed by atoms with E-state index in [9.17, 15) is 4.79 Å². The van der Waals surface area contributed by atoms with Crippen LogP contribution in [-0.2, 0) is 7.05 Å². The molecule has 0 unspecified atom stereocenters. The molecule has 1 N–H and O–H groups in total. The Bertz CT molecular complexity index is 986. The van der Waals surface area contributed by atoms with E-state index in [-0.39, 0.29) is 10.7 Å². The molecule has 2 heterocycles. The number of aryl methyl sites for hydroxylation is 2. The standard InChI is InChI=1S/C19H18BrClN4O2/c1-4-27-15-10-9-14(21)17(22-15)19(26)23-18-16(11(2)24-25(18)3)12-5-7-13(20)8-6-12/h5-10H,4H2,1-3H3,(H,23,26). The molecule has 6 nitrogen and oxygen atoms in total. The highest BCUT2D eigenvalue weighted by Crippen LogP contribution is 2.32. The smallest absolute Gasteiger partial charge is 0.277 e. The van der Waals surface area contributed by atoms with Gasteiger partial charge in [0, 0.05) is 23.2 Å². The first kappa shape index (κ1) is 19.4. The normalized spacial score (nSPS) is 10.7.